The molecule has 4 heteroatoms. The Bertz CT molecular complexity index is 1810. The van der Waals surface area contributed by atoms with Gasteiger partial charge in [0, 0.05) is 34.5 Å². The van der Waals surface area contributed by atoms with Gasteiger partial charge >= 0.3 is 0 Å². The zero-order valence-corrected chi connectivity index (χ0v) is 18.1. The number of fused-ring (bicyclic) bond motifs is 7. The van der Waals surface area contributed by atoms with Crippen LogP contribution in [0.25, 0.3) is 55.2 Å². The van der Waals surface area contributed by atoms with Gasteiger partial charge in [0.1, 0.15) is 0 Å². The summed E-state index contributed by atoms with van der Waals surface area (Å²) in [6, 6.07) is 31.9. The van der Waals surface area contributed by atoms with Crippen molar-refractivity contribution < 1.29 is 0 Å². The van der Waals surface area contributed by atoms with Gasteiger partial charge in [-0.1, -0.05) is 54.1 Å². The first-order valence-electron chi connectivity index (χ1n) is 11.1. The summed E-state index contributed by atoms with van der Waals surface area (Å²) in [6.45, 7) is 2.12. The molecule has 156 valence electrons. The number of hydrogen-bond donors (Lipinski definition) is 0. The summed E-state index contributed by atoms with van der Waals surface area (Å²) < 4.78 is 4.67. The summed E-state index contributed by atoms with van der Waals surface area (Å²) in [5.74, 6) is 0. The van der Waals surface area contributed by atoms with E-state index in [1.54, 1.807) is 0 Å². The van der Waals surface area contributed by atoms with Gasteiger partial charge in [0.25, 0.3) is 0 Å². The van der Waals surface area contributed by atoms with E-state index >= 15 is 0 Å². The highest BCUT2D eigenvalue weighted by Gasteiger charge is 2.22. The van der Waals surface area contributed by atoms with Crippen LogP contribution < -0.4 is 0 Å². The lowest BCUT2D eigenvalue weighted by Gasteiger charge is -2.12. The molecule has 0 aliphatic rings. The average molecular weight is 425 g/mol. The Morgan fingerprint density at radius 3 is 2.09 bits per heavy atom. The lowest BCUT2D eigenvalue weighted by atomic mass is 10.2. The van der Waals surface area contributed by atoms with Crippen LogP contribution in [0.2, 0.25) is 0 Å². The van der Waals surface area contributed by atoms with Gasteiger partial charge < -0.3 is 9.13 Å². The second-order valence-electron chi connectivity index (χ2n) is 8.45. The fourth-order valence-electron chi connectivity index (χ4n) is 5.00. The van der Waals surface area contributed by atoms with Crippen molar-refractivity contribution in [2.45, 2.75) is 6.92 Å². The maximum Gasteiger partial charge on any atom is 0.0985 e. The summed E-state index contributed by atoms with van der Waals surface area (Å²) in [6.07, 6.45) is 3.84. The zero-order valence-electron chi connectivity index (χ0n) is 18.1. The second kappa shape index (κ2) is 6.78. The fourth-order valence-corrected chi connectivity index (χ4v) is 5.00. The number of para-hydroxylation sites is 2. The third-order valence-electron chi connectivity index (χ3n) is 6.46. The Labute approximate surface area is 190 Å². The van der Waals surface area contributed by atoms with Gasteiger partial charge in [-0.25, -0.2) is 0 Å². The van der Waals surface area contributed by atoms with Crippen molar-refractivity contribution in [1.82, 2.24) is 19.1 Å². The van der Waals surface area contributed by atoms with E-state index in [9.17, 15) is 0 Å². The van der Waals surface area contributed by atoms with E-state index in [4.69, 9.17) is 9.97 Å². The van der Waals surface area contributed by atoms with E-state index in [-0.39, 0.29) is 0 Å². The quantitative estimate of drug-likeness (QED) is 0.300. The van der Waals surface area contributed by atoms with Crippen molar-refractivity contribution in [1.29, 1.82) is 0 Å². The van der Waals surface area contributed by atoms with E-state index in [0.29, 0.717) is 0 Å². The minimum absolute atomic E-state index is 0.964. The molecule has 0 saturated carbocycles. The topological polar surface area (TPSA) is 35.6 Å². The second-order valence-corrected chi connectivity index (χ2v) is 8.45. The largest absolute Gasteiger partial charge is 0.306 e. The number of rotatable bonds is 2. The molecule has 0 N–H and O–H groups in total. The van der Waals surface area contributed by atoms with Crippen LogP contribution in [0.4, 0.5) is 0 Å². The number of aryl methyl sites for hydroxylation is 1. The number of hydrogen-bond acceptors (Lipinski definition) is 2. The minimum atomic E-state index is 0.964. The van der Waals surface area contributed by atoms with Gasteiger partial charge in [0.05, 0.1) is 33.1 Å². The molecule has 0 unspecified atom stereocenters. The molecular formula is C29H20N4. The Morgan fingerprint density at radius 1 is 0.545 bits per heavy atom. The molecule has 0 amide bonds. The molecule has 0 radical (unpaired) electrons. The molecule has 7 aromatic rings. The van der Waals surface area contributed by atoms with Crippen LogP contribution in [0, 0.1) is 6.92 Å². The van der Waals surface area contributed by atoms with Gasteiger partial charge in [-0.2, -0.15) is 0 Å². The molecule has 0 aliphatic heterocycles. The van der Waals surface area contributed by atoms with Crippen LogP contribution in [0.5, 0.6) is 0 Å². The van der Waals surface area contributed by atoms with Crippen LogP contribution in [-0.4, -0.2) is 19.1 Å². The van der Waals surface area contributed by atoms with E-state index in [0.717, 1.165) is 55.2 Å². The van der Waals surface area contributed by atoms with Crippen molar-refractivity contribution in [2.24, 2.45) is 0 Å². The van der Waals surface area contributed by atoms with Crippen LogP contribution >= 0.6 is 0 Å². The van der Waals surface area contributed by atoms with Crippen molar-refractivity contribution >= 4 is 43.9 Å². The predicted octanol–water partition coefficient (Wildman–Crippen LogP) is 6.98. The molecule has 0 fully saturated rings. The summed E-state index contributed by atoms with van der Waals surface area (Å²) in [5, 5.41) is 2.20. The average Bonchev–Trinajstić information content (AvgIpc) is 3.38. The van der Waals surface area contributed by atoms with Crippen LogP contribution in [0.15, 0.2) is 103 Å². The fraction of sp³-hybridized carbons (Fsp3) is 0.0345. The minimum Gasteiger partial charge on any atom is -0.306 e. The number of benzene rings is 3. The van der Waals surface area contributed by atoms with Crippen LogP contribution in [0.1, 0.15) is 5.56 Å². The molecule has 7 rings (SSSR count). The summed E-state index contributed by atoms with van der Waals surface area (Å²) in [7, 11) is 0. The SMILES string of the molecule is Cc1ccc(-n2c3ccccc3c3ncc4c5ncccc5n(-c5ccccc5)c4c32)cc1. The predicted molar refractivity (Wildman–Crippen MR) is 135 cm³/mol. The molecule has 4 heterocycles. The molecule has 0 bridgehead atoms. The van der Waals surface area contributed by atoms with Crippen molar-refractivity contribution in [2.75, 3.05) is 0 Å². The summed E-state index contributed by atoms with van der Waals surface area (Å²) in [5.41, 5.74) is 9.88. The van der Waals surface area contributed by atoms with E-state index in [1.165, 1.54) is 5.56 Å². The molecule has 4 nitrogen and oxygen atoms in total. The highest BCUT2D eigenvalue weighted by atomic mass is 15.1. The number of aromatic nitrogens is 4. The van der Waals surface area contributed by atoms with Crippen molar-refractivity contribution in [3.8, 4) is 11.4 Å². The first-order valence-corrected chi connectivity index (χ1v) is 11.1. The highest BCUT2D eigenvalue weighted by Crippen LogP contribution is 2.39. The normalized spacial score (nSPS) is 11.8. The maximum atomic E-state index is 4.98. The lowest BCUT2D eigenvalue weighted by Crippen LogP contribution is -1.99. The number of nitrogens with zero attached hydrogens (tertiary/aromatic N) is 4. The molecule has 4 aromatic heterocycles. The molecule has 0 atom stereocenters. The van der Waals surface area contributed by atoms with Crippen LogP contribution in [0.3, 0.4) is 0 Å². The maximum absolute atomic E-state index is 4.98. The van der Waals surface area contributed by atoms with Crippen molar-refractivity contribution in [3.63, 3.8) is 0 Å². The van der Waals surface area contributed by atoms with Gasteiger partial charge in [-0.15, -0.1) is 0 Å². The molecule has 0 spiro atoms. The van der Waals surface area contributed by atoms with Gasteiger partial charge in [-0.3, -0.25) is 9.97 Å². The Kier molecular flexibility index (Phi) is 3.73. The van der Waals surface area contributed by atoms with Gasteiger partial charge in [0.15, 0.2) is 0 Å². The summed E-state index contributed by atoms with van der Waals surface area (Å²) >= 11 is 0. The van der Waals surface area contributed by atoms with Gasteiger partial charge in [-0.05, 0) is 49.4 Å². The molecule has 0 saturated heterocycles. The summed E-state index contributed by atoms with van der Waals surface area (Å²) in [4.78, 5) is 9.74. The van der Waals surface area contributed by atoms with E-state index in [2.05, 4.69) is 101 Å². The van der Waals surface area contributed by atoms with E-state index < -0.39 is 0 Å². The monoisotopic (exact) mass is 424 g/mol. The lowest BCUT2D eigenvalue weighted by molar-refractivity contribution is 1.14. The highest BCUT2D eigenvalue weighted by molar-refractivity contribution is 6.21. The standard InChI is InChI=1S/C29H20N4/c1-19-13-15-21(16-14-19)32-24-11-6-5-10-22(24)27-29(32)28-23(18-31-27)26-25(12-7-17-30-26)33(28)20-8-3-2-4-9-20/h2-18H,1H3. The van der Waals surface area contributed by atoms with Crippen molar-refractivity contribution in [3.05, 3.63) is 109 Å². The third-order valence-corrected chi connectivity index (χ3v) is 6.46. The zero-order chi connectivity index (χ0) is 21.9. The Balaban J connectivity index is 1.78. The molecule has 33 heavy (non-hydrogen) atoms. The van der Waals surface area contributed by atoms with Crippen LogP contribution in [-0.2, 0) is 0 Å². The third kappa shape index (κ3) is 2.52. The Hall–Kier alpha value is -4.44. The van der Waals surface area contributed by atoms with E-state index in [1.807, 2.05) is 18.5 Å². The molecular weight excluding hydrogens is 404 g/mol. The van der Waals surface area contributed by atoms with Gasteiger partial charge in [0.2, 0.25) is 0 Å². The molecule has 3 aromatic carbocycles. The molecule has 0 aliphatic carbocycles. The Morgan fingerprint density at radius 2 is 1.24 bits per heavy atom. The number of pyridine rings is 2. The smallest absolute Gasteiger partial charge is 0.0985 e. The first-order chi connectivity index (χ1) is 16.3. The first kappa shape index (κ1) is 18.2.